The van der Waals surface area contributed by atoms with Gasteiger partial charge in [0, 0.05) is 11.8 Å². The number of allylic oxidation sites excluding steroid dienone is 4. The third-order valence-corrected chi connectivity index (χ3v) is 10.9. The Morgan fingerprint density at radius 1 is 1.18 bits per heavy atom. The predicted molar refractivity (Wildman–Crippen MR) is 120 cm³/mol. The second-order valence-electron chi connectivity index (χ2n) is 12.0. The summed E-state index contributed by atoms with van der Waals surface area (Å²) in [5, 5.41) is 23.0. The Labute approximate surface area is 244 Å². The average Bonchev–Trinajstić information content (AvgIpc) is 3.52. The van der Waals surface area contributed by atoms with Gasteiger partial charge in [0.1, 0.15) is 11.7 Å². The molecule has 7 heteroatoms. The molecule has 6 nitrogen and oxygen atoms in total. The number of esters is 1. The van der Waals surface area contributed by atoms with Crippen LogP contribution in [0, 0.1) is 40.4 Å². The van der Waals surface area contributed by atoms with E-state index in [9.17, 15) is 24.6 Å². The SMILES string of the molecule is CC[C@]1([C@]2(O)[C@@H]3C[C@@H]3C3[C@H]4C=CC5=CC(=O)CC[C@]5(C)[C@@H]4CC[C@@]32C)OC(=O)CC(O)C1=O.[H-].[K+]. The van der Waals surface area contributed by atoms with Crippen LogP contribution < -0.4 is 51.4 Å². The van der Waals surface area contributed by atoms with E-state index in [0.29, 0.717) is 12.3 Å². The van der Waals surface area contributed by atoms with E-state index >= 15 is 0 Å². The summed E-state index contributed by atoms with van der Waals surface area (Å²) < 4.78 is 5.79. The standard InChI is InChI=1S/C27H34O6.K.H/c1-4-26(23(31)20(29)13-21(30)33-26)27(32)19-12-17(19)22-16-6-5-14-11-15(28)7-9-24(14,2)18(16)8-10-25(22,27)3;;/h5-6,11,16-20,22,29,32H,4,7-10,12-13H2,1-3H3;;/q;+1;-1/t16-,17-,18+,19+,20?,22?,24-,25-,26-,27-;;/m0../s1. The number of hydrogen-bond acceptors (Lipinski definition) is 6. The number of carbonyl (C=O) groups is 3. The Morgan fingerprint density at radius 2 is 1.91 bits per heavy atom. The van der Waals surface area contributed by atoms with E-state index in [4.69, 9.17) is 4.74 Å². The molecule has 0 spiro atoms. The molecule has 4 fully saturated rings. The van der Waals surface area contributed by atoms with E-state index in [2.05, 4.69) is 26.0 Å². The molecule has 34 heavy (non-hydrogen) atoms. The number of carbonyl (C=O) groups excluding carboxylic acids is 3. The molecule has 0 bridgehead atoms. The summed E-state index contributed by atoms with van der Waals surface area (Å²) in [4.78, 5) is 37.9. The summed E-state index contributed by atoms with van der Waals surface area (Å²) in [6.07, 6.45) is 8.46. The van der Waals surface area contributed by atoms with Crippen molar-refractivity contribution in [1.29, 1.82) is 0 Å². The van der Waals surface area contributed by atoms with Gasteiger partial charge in [-0.15, -0.1) is 0 Å². The summed E-state index contributed by atoms with van der Waals surface area (Å²) in [7, 11) is 0. The molecular formula is C27H35KO6. The third-order valence-electron chi connectivity index (χ3n) is 10.9. The minimum Gasteiger partial charge on any atom is -1.00 e. The molecule has 0 aromatic heterocycles. The zero-order valence-electron chi connectivity index (χ0n) is 21.7. The van der Waals surface area contributed by atoms with Crippen LogP contribution in [-0.2, 0) is 19.1 Å². The first-order valence-electron chi connectivity index (χ1n) is 12.6. The van der Waals surface area contributed by atoms with E-state index in [1.165, 1.54) is 0 Å². The number of hydrogen-bond donors (Lipinski definition) is 2. The van der Waals surface area contributed by atoms with Gasteiger partial charge in [0.15, 0.2) is 5.78 Å². The summed E-state index contributed by atoms with van der Waals surface area (Å²) in [5.41, 5.74) is -2.70. The van der Waals surface area contributed by atoms with Crippen LogP contribution in [-0.4, -0.2) is 45.1 Å². The molecule has 2 N–H and O–H groups in total. The van der Waals surface area contributed by atoms with Gasteiger partial charge < -0.3 is 16.4 Å². The molecular weight excluding hydrogens is 459 g/mol. The van der Waals surface area contributed by atoms with Gasteiger partial charge in [-0.1, -0.05) is 32.9 Å². The molecule has 1 heterocycles. The fourth-order valence-corrected chi connectivity index (χ4v) is 9.34. The molecule has 5 aliphatic carbocycles. The topological polar surface area (TPSA) is 101 Å². The van der Waals surface area contributed by atoms with Gasteiger partial charge in [-0.3, -0.25) is 14.4 Å². The fourth-order valence-electron chi connectivity index (χ4n) is 9.34. The molecule has 6 rings (SSSR count). The van der Waals surface area contributed by atoms with Gasteiger partial charge in [0.05, 0.1) is 6.42 Å². The molecule has 0 aromatic carbocycles. The largest absolute Gasteiger partial charge is 1.00 e. The van der Waals surface area contributed by atoms with Crippen LogP contribution in [0.1, 0.15) is 67.1 Å². The molecule has 0 amide bonds. The summed E-state index contributed by atoms with van der Waals surface area (Å²) in [6, 6.07) is 0. The number of cyclic esters (lactones) is 1. The number of aliphatic hydroxyl groups is 2. The van der Waals surface area contributed by atoms with Gasteiger partial charge >= 0.3 is 57.4 Å². The molecule has 1 saturated heterocycles. The van der Waals surface area contributed by atoms with Gasteiger partial charge in [-0.25, -0.2) is 0 Å². The van der Waals surface area contributed by atoms with E-state index in [0.717, 1.165) is 31.3 Å². The van der Waals surface area contributed by atoms with Crippen molar-refractivity contribution in [2.45, 2.75) is 83.0 Å². The molecule has 10 atom stereocenters. The number of rotatable bonds is 2. The van der Waals surface area contributed by atoms with Crippen molar-refractivity contribution in [3.05, 3.63) is 23.8 Å². The van der Waals surface area contributed by atoms with Crippen molar-refractivity contribution in [3.8, 4) is 0 Å². The van der Waals surface area contributed by atoms with Gasteiger partial charge in [-0.2, -0.15) is 0 Å². The second-order valence-corrected chi connectivity index (χ2v) is 12.0. The summed E-state index contributed by atoms with van der Waals surface area (Å²) in [6.45, 7) is 6.15. The minimum absolute atomic E-state index is 0. The first kappa shape index (κ1) is 25.5. The zero-order chi connectivity index (χ0) is 23.6. The smallest absolute Gasteiger partial charge is 1.00 e. The Bertz CT molecular complexity index is 1040. The molecule has 0 radical (unpaired) electrons. The average molecular weight is 495 g/mol. The number of aliphatic hydroxyl groups excluding tert-OH is 1. The monoisotopic (exact) mass is 494 g/mol. The molecule has 180 valence electrons. The zero-order valence-corrected chi connectivity index (χ0v) is 23.8. The van der Waals surface area contributed by atoms with Crippen molar-refractivity contribution >= 4 is 17.5 Å². The van der Waals surface area contributed by atoms with Gasteiger partial charge in [0.2, 0.25) is 11.4 Å². The molecule has 2 unspecified atom stereocenters. The number of Topliss-reactive ketones (excluding diaryl/α,β-unsaturated/α-hetero) is 1. The van der Waals surface area contributed by atoms with Crippen LogP contribution >= 0.6 is 0 Å². The van der Waals surface area contributed by atoms with Crippen molar-refractivity contribution in [3.63, 3.8) is 0 Å². The third kappa shape index (κ3) is 2.86. The maximum atomic E-state index is 13.4. The van der Waals surface area contributed by atoms with Crippen molar-refractivity contribution in [2.24, 2.45) is 40.4 Å². The Balaban J connectivity index is 0.00000144. The maximum Gasteiger partial charge on any atom is 1.00 e. The van der Waals surface area contributed by atoms with Crippen LogP contribution in [0.5, 0.6) is 0 Å². The van der Waals surface area contributed by atoms with Crippen LogP contribution in [0.2, 0.25) is 0 Å². The number of ketones is 2. The fraction of sp³-hybridized carbons (Fsp3) is 0.741. The van der Waals surface area contributed by atoms with E-state index in [-0.39, 0.29) is 101 Å². The van der Waals surface area contributed by atoms with Crippen LogP contribution in [0.4, 0.5) is 0 Å². The first-order chi connectivity index (χ1) is 15.5. The maximum absolute atomic E-state index is 13.4. The molecule has 0 aromatic rings. The second kappa shape index (κ2) is 7.92. The first-order valence-corrected chi connectivity index (χ1v) is 12.6. The van der Waals surface area contributed by atoms with Crippen LogP contribution in [0.25, 0.3) is 0 Å². The predicted octanol–water partition coefficient (Wildman–Crippen LogP) is 0.0235. The van der Waals surface area contributed by atoms with E-state index in [1.807, 2.05) is 6.08 Å². The van der Waals surface area contributed by atoms with E-state index < -0.39 is 34.5 Å². The van der Waals surface area contributed by atoms with E-state index in [1.54, 1.807) is 6.92 Å². The summed E-state index contributed by atoms with van der Waals surface area (Å²) in [5.74, 6) is 0.0148. The Morgan fingerprint density at radius 3 is 2.62 bits per heavy atom. The Kier molecular flexibility index (Phi) is 5.94. The summed E-state index contributed by atoms with van der Waals surface area (Å²) >= 11 is 0. The van der Waals surface area contributed by atoms with Crippen LogP contribution in [0.3, 0.4) is 0 Å². The normalized spacial score (nSPS) is 53.0. The van der Waals surface area contributed by atoms with Gasteiger partial charge in [0.25, 0.3) is 0 Å². The number of fused-ring (bicyclic) bond motifs is 7. The van der Waals surface area contributed by atoms with Crippen molar-refractivity contribution < 1.29 is 82.1 Å². The minimum atomic E-state index is -1.69. The Hall–Kier alpha value is -0.154. The van der Waals surface area contributed by atoms with Crippen molar-refractivity contribution in [1.82, 2.24) is 0 Å². The molecule has 6 aliphatic rings. The quantitative estimate of drug-likeness (QED) is 0.415. The van der Waals surface area contributed by atoms with Gasteiger partial charge in [-0.05, 0) is 78.8 Å². The molecule has 1 aliphatic heterocycles. The molecule has 3 saturated carbocycles. The van der Waals surface area contributed by atoms with Crippen molar-refractivity contribution in [2.75, 3.05) is 0 Å². The number of ether oxygens (including phenoxy) is 1. The van der Waals surface area contributed by atoms with Crippen LogP contribution in [0.15, 0.2) is 23.8 Å².